The van der Waals surface area contributed by atoms with Gasteiger partial charge in [0.2, 0.25) is 0 Å². The summed E-state index contributed by atoms with van der Waals surface area (Å²) in [5, 5.41) is 3.33. The molecule has 1 aromatic carbocycles. The van der Waals surface area contributed by atoms with Crippen LogP contribution in [0.15, 0.2) is 12.1 Å². The zero-order valence-corrected chi connectivity index (χ0v) is 12.9. The Morgan fingerprint density at radius 3 is 2.35 bits per heavy atom. The molecule has 0 aliphatic rings. The topological polar surface area (TPSA) is 21.3 Å². The lowest BCUT2D eigenvalue weighted by molar-refractivity contribution is 0.388. The van der Waals surface area contributed by atoms with Crippen molar-refractivity contribution in [3.05, 3.63) is 28.8 Å². The predicted molar refractivity (Wildman–Crippen MR) is 77.3 cm³/mol. The molecule has 0 atom stereocenters. The molecule has 0 spiro atoms. The normalized spacial score (nSPS) is 11.6. The highest BCUT2D eigenvalue weighted by molar-refractivity contribution is 9.09. The van der Waals surface area contributed by atoms with Crippen molar-refractivity contribution in [2.45, 2.75) is 33.1 Å². The number of ether oxygens (including phenoxy) is 1. The first-order valence-electron chi connectivity index (χ1n) is 5.84. The van der Waals surface area contributed by atoms with E-state index < -0.39 is 0 Å². The quantitative estimate of drug-likeness (QED) is 0.663. The van der Waals surface area contributed by atoms with Crippen molar-refractivity contribution in [2.24, 2.45) is 0 Å². The number of aryl methyl sites for hydroxylation is 2. The van der Waals surface area contributed by atoms with Gasteiger partial charge in [-0.3, -0.25) is 0 Å². The van der Waals surface area contributed by atoms with Crippen LogP contribution in [0.5, 0.6) is 5.75 Å². The summed E-state index contributed by atoms with van der Waals surface area (Å²) in [5.41, 5.74) is 4.71. The third-order valence-corrected chi connectivity index (χ3v) is 3.60. The molecule has 0 bridgehead atoms. The minimum absolute atomic E-state index is 0.0531. The Balaban J connectivity index is 3.14. The van der Waals surface area contributed by atoms with E-state index in [1.165, 1.54) is 16.7 Å². The number of hydrogen-bond acceptors (Lipinski definition) is 2. The van der Waals surface area contributed by atoms with Crippen molar-refractivity contribution in [3.8, 4) is 5.75 Å². The fourth-order valence-corrected chi connectivity index (χ4v) is 2.14. The minimum atomic E-state index is 0.0531. The van der Waals surface area contributed by atoms with Gasteiger partial charge in [-0.1, -0.05) is 35.8 Å². The number of hydrogen-bond donors (Lipinski definition) is 1. The van der Waals surface area contributed by atoms with Crippen LogP contribution in [0.25, 0.3) is 0 Å². The Kier molecular flexibility index (Phi) is 5.02. The summed E-state index contributed by atoms with van der Waals surface area (Å²) in [7, 11) is 1.74. The molecule has 0 radical (unpaired) electrons. The number of halogens is 1. The van der Waals surface area contributed by atoms with Crippen molar-refractivity contribution < 1.29 is 4.74 Å². The summed E-state index contributed by atoms with van der Waals surface area (Å²) < 4.78 is 5.51. The maximum absolute atomic E-state index is 5.51. The van der Waals surface area contributed by atoms with Gasteiger partial charge in [-0.2, -0.15) is 0 Å². The molecule has 0 aliphatic heterocycles. The maximum Gasteiger partial charge on any atom is 0.122 e. The molecule has 0 amide bonds. The van der Waals surface area contributed by atoms with Crippen LogP contribution < -0.4 is 10.1 Å². The average Bonchev–Trinajstić information content (AvgIpc) is 2.29. The summed E-state index contributed by atoms with van der Waals surface area (Å²) in [6.45, 7) is 9.64. The highest BCUT2D eigenvalue weighted by Gasteiger charge is 2.24. The van der Waals surface area contributed by atoms with Gasteiger partial charge in [-0.15, -0.1) is 0 Å². The van der Waals surface area contributed by atoms with Crippen LogP contribution in [0.4, 0.5) is 0 Å². The molecular formula is C14H22BrNO. The second-order valence-corrected chi connectivity index (χ2v) is 5.64. The van der Waals surface area contributed by atoms with Gasteiger partial charge < -0.3 is 10.1 Å². The van der Waals surface area contributed by atoms with Gasteiger partial charge in [0.15, 0.2) is 0 Å². The monoisotopic (exact) mass is 299 g/mol. The summed E-state index contributed by atoms with van der Waals surface area (Å²) in [6.07, 6.45) is 0. The van der Waals surface area contributed by atoms with Crippen molar-refractivity contribution in [1.29, 1.82) is 0 Å². The van der Waals surface area contributed by atoms with Crippen LogP contribution in [0.1, 0.15) is 30.5 Å². The smallest absolute Gasteiger partial charge is 0.122 e. The fourth-order valence-electron chi connectivity index (χ4n) is 1.94. The van der Waals surface area contributed by atoms with Crippen molar-refractivity contribution in [2.75, 3.05) is 19.1 Å². The molecule has 3 heteroatoms. The lowest BCUT2D eigenvalue weighted by Crippen LogP contribution is -2.32. The van der Waals surface area contributed by atoms with E-state index in [1.807, 2.05) is 0 Å². The van der Waals surface area contributed by atoms with Crippen LogP contribution in [-0.4, -0.2) is 19.1 Å². The molecule has 0 aliphatic carbocycles. The van der Waals surface area contributed by atoms with Crippen LogP contribution in [0, 0.1) is 13.8 Å². The van der Waals surface area contributed by atoms with E-state index in [-0.39, 0.29) is 5.41 Å². The van der Waals surface area contributed by atoms with Gasteiger partial charge in [0.25, 0.3) is 0 Å². The predicted octanol–water partition coefficient (Wildman–Crippen LogP) is 3.53. The highest BCUT2D eigenvalue weighted by Crippen LogP contribution is 2.33. The zero-order chi connectivity index (χ0) is 13.1. The zero-order valence-electron chi connectivity index (χ0n) is 11.4. The largest absolute Gasteiger partial charge is 0.496 e. The van der Waals surface area contributed by atoms with E-state index in [4.69, 9.17) is 4.74 Å². The second kappa shape index (κ2) is 5.87. The van der Waals surface area contributed by atoms with Crippen LogP contribution in [0.3, 0.4) is 0 Å². The summed E-state index contributed by atoms with van der Waals surface area (Å²) in [6, 6.07) is 4.37. The maximum atomic E-state index is 5.51. The molecule has 0 fully saturated rings. The molecule has 96 valence electrons. The summed E-state index contributed by atoms with van der Waals surface area (Å²) in [4.78, 5) is 0. The lowest BCUT2D eigenvalue weighted by Gasteiger charge is -2.28. The molecule has 1 aromatic rings. The number of rotatable bonds is 5. The number of methoxy groups -OCH3 is 1. The molecule has 1 N–H and O–H groups in total. The van der Waals surface area contributed by atoms with Gasteiger partial charge in [-0.25, -0.2) is 0 Å². The van der Waals surface area contributed by atoms with Gasteiger partial charge in [0, 0.05) is 17.5 Å². The third-order valence-electron chi connectivity index (χ3n) is 3.21. The average molecular weight is 300 g/mol. The van der Waals surface area contributed by atoms with Crippen molar-refractivity contribution in [3.63, 3.8) is 0 Å². The van der Waals surface area contributed by atoms with E-state index in [0.717, 1.165) is 17.7 Å². The molecule has 17 heavy (non-hydrogen) atoms. The molecular weight excluding hydrogens is 278 g/mol. The Morgan fingerprint density at radius 2 is 1.82 bits per heavy atom. The molecule has 0 saturated carbocycles. The van der Waals surface area contributed by atoms with E-state index >= 15 is 0 Å². The SMILES string of the molecule is COc1cc(C)c(C)cc1C(C)(C)CNCBr. The number of nitrogens with one attached hydrogen (secondary N) is 1. The van der Waals surface area contributed by atoms with E-state index in [9.17, 15) is 0 Å². The molecule has 0 unspecified atom stereocenters. The Bertz CT molecular complexity index is 388. The summed E-state index contributed by atoms with van der Waals surface area (Å²) >= 11 is 3.39. The minimum Gasteiger partial charge on any atom is -0.496 e. The van der Waals surface area contributed by atoms with Gasteiger partial charge in [0.1, 0.15) is 5.75 Å². The van der Waals surface area contributed by atoms with Gasteiger partial charge in [-0.05, 0) is 31.0 Å². The Labute approximate surface area is 113 Å². The molecule has 1 rings (SSSR count). The number of alkyl halides is 1. The molecule has 0 heterocycles. The third kappa shape index (κ3) is 3.46. The fraction of sp³-hybridized carbons (Fsp3) is 0.571. The number of benzene rings is 1. The standard InChI is InChI=1S/C14H22BrNO/c1-10-6-12(13(17-5)7-11(10)2)14(3,4)8-16-9-15/h6-7,16H,8-9H2,1-5H3. The van der Waals surface area contributed by atoms with Crippen LogP contribution in [-0.2, 0) is 5.41 Å². The van der Waals surface area contributed by atoms with E-state index in [1.54, 1.807) is 7.11 Å². The lowest BCUT2D eigenvalue weighted by atomic mass is 9.82. The van der Waals surface area contributed by atoms with Crippen LogP contribution in [0.2, 0.25) is 0 Å². The molecule has 2 nitrogen and oxygen atoms in total. The first-order chi connectivity index (χ1) is 7.92. The first-order valence-corrected chi connectivity index (χ1v) is 6.97. The van der Waals surface area contributed by atoms with Crippen molar-refractivity contribution >= 4 is 15.9 Å². The summed E-state index contributed by atoms with van der Waals surface area (Å²) in [5.74, 6) is 0.981. The van der Waals surface area contributed by atoms with E-state index in [2.05, 4.69) is 61.1 Å². The van der Waals surface area contributed by atoms with Crippen molar-refractivity contribution in [1.82, 2.24) is 5.32 Å². The Morgan fingerprint density at radius 1 is 1.24 bits per heavy atom. The molecule has 0 aromatic heterocycles. The highest BCUT2D eigenvalue weighted by atomic mass is 79.9. The Hall–Kier alpha value is -0.540. The second-order valence-electron chi connectivity index (χ2n) is 5.08. The van der Waals surface area contributed by atoms with Gasteiger partial charge in [0.05, 0.1) is 12.6 Å². The van der Waals surface area contributed by atoms with Crippen LogP contribution >= 0.6 is 15.9 Å². The van der Waals surface area contributed by atoms with E-state index in [0.29, 0.717) is 0 Å². The van der Waals surface area contributed by atoms with Gasteiger partial charge >= 0.3 is 0 Å². The first kappa shape index (κ1) is 14.5. The molecule has 0 saturated heterocycles.